The summed E-state index contributed by atoms with van der Waals surface area (Å²) >= 11 is 1.46. The smallest absolute Gasteiger partial charge is 0.230 e. The number of anilines is 3. The third-order valence-corrected chi connectivity index (χ3v) is 4.64. The molecule has 0 fully saturated rings. The number of carbonyl (C=O) groups is 1. The molecule has 0 spiro atoms. The molecule has 2 N–H and O–H groups in total. The highest BCUT2D eigenvalue weighted by Gasteiger charge is 2.09. The number of benzene rings is 1. The fourth-order valence-electron chi connectivity index (χ4n) is 2.35. The molecule has 1 amide bonds. The lowest BCUT2D eigenvalue weighted by atomic mass is 10.1. The first-order valence-corrected chi connectivity index (χ1v) is 8.89. The predicted molar refractivity (Wildman–Crippen MR) is 103 cm³/mol. The first-order valence-electron chi connectivity index (χ1n) is 8.01. The van der Waals surface area contributed by atoms with Crippen molar-refractivity contribution in [1.82, 2.24) is 9.97 Å². The largest absolute Gasteiger partial charge is 0.326 e. The van der Waals surface area contributed by atoms with Crippen LogP contribution in [0, 0.1) is 20.8 Å². The van der Waals surface area contributed by atoms with Crippen LogP contribution in [-0.2, 0) is 11.2 Å². The minimum Gasteiger partial charge on any atom is -0.326 e. The van der Waals surface area contributed by atoms with Gasteiger partial charge < -0.3 is 10.6 Å². The van der Waals surface area contributed by atoms with Crippen LogP contribution < -0.4 is 10.6 Å². The van der Waals surface area contributed by atoms with E-state index in [-0.39, 0.29) is 12.3 Å². The number of rotatable bonds is 5. The van der Waals surface area contributed by atoms with Crippen LogP contribution in [0.15, 0.2) is 41.9 Å². The number of nitrogens with one attached hydrogen (secondary N) is 2. The Morgan fingerprint density at radius 1 is 1.12 bits per heavy atom. The van der Waals surface area contributed by atoms with Crippen LogP contribution in [0.2, 0.25) is 0 Å². The van der Waals surface area contributed by atoms with Crippen LogP contribution >= 0.6 is 11.3 Å². The maximum Gasteiger partial charge on any atom is 0.230 e. The summed E-state index contributed by atoms with van der Waals surface area (Å²) in [4.78, 5) is 20.9. The van der Waals surface area contributed by atoms with Gasteiger partial charge in [-0.3, -0.25) is 4.79 Å². The van der Waals surface area contributed by atoms with Crippen molar-refractivity contribution in [3.63, 3.8) is 0 Å². The van der Waals surface area contributed by atoms with E-state index in [1.165, 1.54) is 16.9 Å². The van der Waals surface area contributed by atoms with Gasteiger partial charge in [0.25, 0.3) is 0 Å². The second kappa shape index (κ2) is 7.44. The summed E-state index contributed by atoms with van der Waals surface area (Å²) in [5.41, 5.74) is 5.04. The molecule has 6 heteroatoms. The van der Waals surface area contributed by atoms with Crippen molar-refractivity contribution in [1.29, 1.82) is 0 Å². The standard InChI is InChI=1S/C19H20N4OS/c1-12-6-7-20-17(8-12)23-19-22-16(11-25-19)10-18(24)21-15-5-4-13(2)14(3)9-15/h4-9,11H,10H2,1-3H3,(H,21,24)(H,20,22,23). The molecule has 3 aromatic rings. The number of amides is 1. The Morgan fingerprint density at radius 3 is 2.72 bits per heavy atom. The summed E-state index contributed by atoms with van der Waals surface area (Å²) in [6, 6.07) is 9.79. The van der Waals surface area contributed by atoms with E-state index in [0.29, 0.717) is 0 Å². The van der Waals surface area contributed by atoms with Gasteiger partial charge in [-0.25, -0.2) is 9.97 Å². The van der Waals surface area contributed by atoms with E-state index in [9.17, 15) is 4.79 Å². The SMILES string of the molecule is Cc1ccnc(Nc2nc(CC(=O)Nc3ccc(C)c(C)c3)cs2)c1. The van der Waals surface area contributed by atoms with Gasteiger partial charge in [0.15, 0.2) is 5.13 Å². The van der Waals surface area contributed by atoms with Crippen LogP contribution in [0.25, 0.3) is 0 Å². The van der Waals surface area contributed by atoms with Gasteiger partial charge in [0.05, 0.1) is 12.1 Å². The van der Waals surface area contributed by atoms with E-state index < -0.39 is 0 Å². The van der Waals surface area contributed by atoms with Gasteiger partial charge in [0.1, 0.15) is 5.82 Å². The van der Waals surface area contributed by atoms with Crippen molar-refractivity contribution in [2.24, 2.45) is 0 Å². The molecule has 2 heterocycles. The van der Waals surface area contributed by atoms with Crippen LogP contribution in [0.4, 0.5) is 16.6 Å². The van der Waals surface area contributed by atoms with Crippen molar-refractivity contribution in [3.05, 3.63) is 64.3 Å². The molecule has 0 aliphatic heterocycles. The lowest BCUT2D eigenvalue weighted by molar-refractivity contribution is -0.115. The Bertz CT molecular complexity index is 904. The highest BCUT2D eigenvalue weighted by Crippen LogP contribution is 2.21. The molecular formula is C19H20N4OS. The Kier molecular flexibility index (Phi) is 5.09. The first-order chi connectivity index (χ1) is 12.0. The molecule has 0 aliphatic rings. The second-order valence-electron chi connectivity index (χ2n) is 6.01. The molecule has 0 saturated heterocycles. The molecule has 25 heavy (non-hydrogen) atoms. The van der Waals surface area contributed by atoms with E-state index in [1.807, 2.05) is 56.5 Å². The molecule has 5 nitrogen and oxygen atoms in total. The highest BCUT2D eigenvalue weighted by atomic mass is 32.1. The van der Waals surface area contributed by atoms with Crippen LogP contribution in [0.1, 0.15) is 22.4 Å². The molecule has 1 aromatic carbocycles. The van der Waals surface area contributed by atoms with E-state index in [2.05, 4.69) is 20.6 Å². The fraction of sp³-hybridized carbons (Fsp3) is 0.211. The summed E-state index contributed by atoms with van der Waals surface area (Å²) in [6.07, 6.45) is 2.00. The van der Waals surface area contributed by atoms with Crippen molar-refractivity contribution in [2.75, 3.05) is 10.6 Å². The Labute approximate surface area is 151 Å². The molecule has 0 bridgehead atoms. The van der Waals surface area contributed by atoms with Gasteiger partial charge in [-0.05, 0) is 61.7 Å². The molecule has 2 aromatic heterocycles. The average molecular weight is 352 g/mol. The van der Waals surface area contributed by atoms with Crippen molar-refractivity contribution in [2.45, 2.75) is 27.2 Å². The van der Waals surface area contributed by atoms with Gasteiger partial charge >= 0.3 is 0 Å². The van der Waals surface area contributed by atoms with Gasteiger partial charge in [-0.15, -0.1) is 11.3 Å². The Balaban J connectivity index is 1.60. The molecule has 128 valence electrons. The number of nitrogens with zero attached hydrogens (tertiary/aromatic N) is 2. The zero-order chi connectivity index (χ0) is 17.8. The average Bonchev–Trinajstić information content (AvgIpc) is 2.98. The van der Waals surface area contributed by atoms with E-state index in [1.54, 1.807) is 6.20 Å². The minimum atomic E-state index is -0.0752. The Hall–Kier alpha value is -2.73. The summed E-state index contributed by atoms with van der Waals surface area (Å²) in [7, 11) is 0. The first kappa shape index (κ1) is 17.1. The quantitative estimate of drug-likeness (QED) is 0.715. The van der Waals surface area contributed by atoms with Crippen LogP contribution in [-0.4, -0.2) is 15.9 Å². The molecule has 0 aliphatic carbocycles. The number of carbonyl (C=O) groups excluding carboxylic acids is 1. The molecule has 0 atom stereocenters. The predicted octanol–water partition coefficient (Wildman–Crippen LogP) is 4.39. The number of aromatic nitrogens is 2. The number of thiazole rings is 1. The molecular weight excluding hydrogens is 332 g/mol. The van der Waals surface area contributed by atoms with Crippen LogP contribution in [0.5, 0.6) is 0 Å². The molecule has 0 unspecified atom stereocenters. The maximum absolute atomic E-state index is 12.2. The number of hydrogen-bond acceptors (Lipinski definition) is 5. The highest BCUT2D eigenvalue weighted by molar-refractivity contribution is 7.13. The monoisotopic (exact) mass is 352 g/mol. The Morgan fingerprint density at radius 2 is 1.96 bits per heavy atom. The number of aryl methyl sites for hydroxylation is 3. The van der Waals surface area contributed by atoms with E-state index >= 15 is 0 Å². The van der Waals surface area contributed by atoms with Crippen LogP contribution in [0.3, 0.4) is 0 Å². The normalized spacial score (nSPS) is 10.5. The van der Waals surface area contributed by atoms with Gasteiger partial charge in [0.2, 0.25) is 5.91 Å². The van der Waals surface area contributed by atoms with Gasteiger partial charge in [0, 0.05) is 17.3 Å². The second-order valence-corrected chi connectivity index (χ2v) is 6.87. The zero-order valence-corrected chi connectivity index (χ0v) is 15.3. The topological polar surface area (TPSA) is 66.9 Å². The van der Waals surface area contributed by atoms with E-state index in [4.69, 9.17) is 0 Å². The zero-order valence-electron chi connectivity index (χ0n) is 14.5. The fourth-order valence-corrected chi connectivity index (χ4v) is 3.07. The van der Waals surface area contributed by atoms with Crippen molar-refractivity contribution in [3.8, 4) is 0 Å². The number of hydrogen-bond donors (Lipinski definition) is 2. The maximum atomic E-state index is 12.2. The summed E-state index contributed by atoms with van der Waals surface area (Å²) < 4.78 is 0. The molecule has 3 rings (SSSR count). The molecule has 0 radical (unpaired) electrons. The minimum absolute atomic E-state index is 0.0752. The third kappa shape index (κ3) is 4.64. The summed E-state index contributed by atoms with van der Waals surface area (Å²) in [6.45, 7) is 6.09. The summed E-state index contributed by atoms with van der Waals surface area (Å²) in [5.74, 6) is 0.675. The molecule has 0 saturated carbocycles. The van der Waals surface area contributed by atoms with E-state index in [0.717, 1.165) is 33.5 Å². The van der Waals surface area contributed by atoms with Crippen molar-refractivity contribution < 1.29 is 4.79 Å². The van der Waals surface area contributed by atoms with Gasteiger partial charge in [-0.1, -0.05) is 6.07 Å². The lowest BCUT2D eigenvalue weighted by Crippen LogP contribution is -2.14. The number of pyridine rings is 1. The third-order valence-electron chi connectivity index (χ3n) is 3.83. The summed E-state index contributed by atoms with van der Waals surface area (Å²) in [5, 5.41) is 8.70. The lowest BCUT2D eigenvalue weighted by Gasteiger charge is -2.07. The van der Waals surface area contributed by atoms with Gasteiger partial charge in [-0.2, -0.15) is 0 Å². The van der Waals surface area contributed by atoms with Crippen molar-refractivity contribution >= 4 is 33.9 Å².